The molecule has 0 saturated heterocycles. The number of carbonyl (C=O) groups is 1. The lowest BCUT2D eigenvalue weighted by atomic mass is 10.1. The van der Waals surface area contributed by atoms with E-state index in [0.29, 0.717) is 5.56 Å². The third kappa shape index (κ3) is 2.70. The molecule has 0 spiro atoms. The number of aromatic hydroxyl groups is 1. The van der Waals surface area contributed by atoms with Crippen molar-refractivity contribution in [1.29, 1.82) is 0 Å². The van der Waals surface area contributed by atoms with E-state index in [4.69, 9.17) is 5.11 Å². The maximum atomic E-state index is 11.6. The average molecular weight is 209 g/mol. The minimum Gasteiger partial charge on any atom is -0.507 e. The number of carbonyl (C=O) groups excluding carboxylic acids is 1. The Hall–Kier alpha value is -1.55. The van der Waals surface area contributed by atoms with Crippen molar-refractivity contribution in [3.8, 4) is 5.75 Å². The van der Waals surface area contributed by atoms with Gasteiger partial charge in [-0.25, -0.2) is 0 Å². The number of phenols is 1. The number of nitrogens with one attached hydrogen (secondary N) is 1. The van der Waals surface area contributed by atoms with Gasteiger partial charge in [0.05, 0.1) is 12.2 Å². The Kier molecular flexibility index (Phi) is 3.68. The second-order valence-electron chi connectivity index (χ2n) is 3.53. The van der Waals surface area contributed by atoms with Crippen LogP contribution in [-0.4, -0.2) is 28.8 Å². The number of hydrogen-bond donors (Lipinski definition) is 3. The molecule has 3 N–H and O–H groups in total. The molecule has 0 saturated carbocycles. The molecule has 0 heterocycles. The maximum Gasteiger partial charge on any atom is 0.255 e. The second-order valence-corrected chi connectivity index (χ2v) is 3.53. The normalized spacial score (nSPS) is 12.2. The van der Waals surface area contributed by atoms with E-state index in [2.05, 4.69) is 5.32 Å². The fourth-order valence-electron chi connectivity index (χ4n) is 1.19. The number of para-hydroxylation sites is 1. The first-order valence-electron chi connectivity index (χ1n) is 4.76. The highest BCUT2D eigenvalue weighted by molar-refractivity contribution is 5.97. The topological polar surface area (TPSA) is 69.6 Å². The molecule has 0 radical (unpaired) electrons. The van der Waals surface area contributed by atoms with E-state index in [1.807, 2.05) is 0 Å². The van der Waals surface area contributed by atoms with Crippen LogP contribution in [0.3, 0.4) is 0 Å². The van der Waals surface area contributed by atoms with Crippen molar-refractivity contribution in [2.75, 3.05) is 6.61 Å². The summed E-state index contributed by atoms with van der Waals surface area (Å²) in [5, 5.41) is 21.0. The molecule has 1 amide bonds. The maximum absolute atomic E-state index is 11.6. The first-order chi connectivity index (χ1) is 7.06. The van der Waals surface area contributed by atoms with E-state index in [9.17, 15) is 9.90 Å². The highest BCUT2D eigenvalue weighted by Gasteiger charge is 2.13. The van der Waals surface area contributed by atoms with Crippen LogP contribution in [0.5, 0.6) is 5.75 Å². The number of benzene rings is 1. The van der Waals surface area contributed by atoms with Gasteiger partial charge < -0.3 is 15.5 Å². The molecule has 0 bridgehead atoms. The number of aliphatic hydroxyl groups is 1. The smallest absolute Gasteiger partial charge is 0.255 e. The van der Waals surface area contributed by atoms with Gasteiger partial charge >= 0.3 is 0 Å². The number of aryl methyl sites for hydroxylation is 1. The Labute approximate surface area is 88.6 Å². The number of hydrogen-bond acceptors (Lipinski definition) is 3. The van der Waals surface area contributed by atoms with Crippen molar-refractivity contribution < 1.29 is 15.0 Å². The van der Waals surface area contributed by atoms with Gasteiger partial charge in [-0.1, -0.05) is 12.1 Å². The number of amides is 1. The first-order valence-corrected chi connectivity index (χ1v) is 4.76. The van der Waals surface area contributed by atoms with Gasteiger partial charge in [-0.05, 0) is 25.5 Å². The van der Waals surface area contributed by atoms with Gasteiger partial charge in [-0.15, -0.1) is 0 Å². The Balaban J connectivity index is 2.87. The molecule has 4 heteroatoms. The Morgan fingerprint density at radius 1 is 1.53 bits per heavy atom. The van der Waals surface area contributed by atoms with E-state index >= 15 is 0 Å². The summed E-state index contributed by atoms with van der Waals surface area (Å²) in [5.41, 5.74) is 0.884. The van der Waals surface area contributed by atoms with Crippen LogP contribution in [0.15, 0.2) is 18.2 Å². The first kappa shape index (κ1) is 11.5. The summed E-state index contributed by atoms with van der Waals surface area (Å²) in [6, 6.07) is 4.65. The SMILES string of the molecule is Cc1cccc(C(=O)N[C@@H](C)CO)c1O. The van der Waals surface area contributed by atoms with Gasteiger partial charge in [-0.3, -0.25) is 4.79 Å². The fraction of sp³-hybridized carbons (Fsp3) is 0.364. The minimum absolute atomic E-state index is 0.0138. The van der Waals surface area contributed by atoms with Crippen molar-refractivity contribution in [1.82, 2.24) is 5.32 Å². The zero-order valence-electron chi connectivity index (χ0n) is 8.82. The molecule has 0 unspecified atom stereocenters. The van der Waals surface area contributed by atoms with Crippen LogP contribution in [0, 0.1) is 6.92 Å². The average Bonchev–Trinajstić information content (AvgIpc) is 2.21. The van der Waals surface area contributed by atoms with Crippen LogP contribution in [-0.2, 0) is 0 Å². The number of aliphatic hydroxyl groups excluding tert-OH is 1. The molecule has 0 aromatic heterocycles. The summed E-state index contributed by atoms with van der Waals surface area (Å²) in [4.78, 5) is 11.6. The van der Waals surface area contributed by atoms with Gasteiger partial charge in [0.1, 0.15) is 5.75 Å². The summed E-state index contributed by atoms with van der Waals surface area (Å²) in [6.07, 6.45) is 0. The van der Waals surface area contributed by atoms with Crippen LogP contribution in [0.2, 0.25) is 0 Å². The molecule has 15 heavy (non-hydrogen) atoms. The Bertz CT molecular complexity index is 363. The van der Waals surface area contributed by atoms with Crippen LogP contribution in [0.1, 0.15) is 22.8 Å². The minimum atomic E-state index is -0.377. The predicted molar refractivity (Wildman–Crippen MR) is 56.9 cm³/mol. The Morgan fingerprint density at radius 2 is 2.20 bits per heavy atom. The molecule has 4 nitrogen and oxygen atoms in total. The van der Waals surface area contributed by atoms with Crippen molar-refractivity contribution in [3.63, 3.8) is 0 Å². The fourth-order valence-corrected chi connectivity index (χ4v) is 1.19. The van der Waals surface area contributed by atoms with E-state index in [-0.39, 0.29) is 29.9 Å². The molecule has 1 rings (SSSR count). The zero-order chi connectivity index (χ0) is 11.4. The van der Waals surface area contributed by atoms with Crippen molar-refractivity contribution in [2.45, 2.75) is 19.9 Å². The summed E-state index contributed by atoms with van der Waals surface area (Å²) in [5.74, 6) is -0.391. The largest absolute Gasteiger partial charge is 0.507 e. The van der Waals surface area contributed by atoms with E-state index in [0.717, 1.165) is 0 Å². The predicted octanol–water partition coefficient (Wildman–Crippen LogP) is 0.811. The molecule has 0 aliphatic carbocycles. The molecular weight excluding hydrogens is 194 g/mol. The van der Waals surface area contributed by atoms with Gasteiger partial charge in [0.15, 0.2) is 0 Å². The molecule has 0 fully saturated rings. The van der Waals surface area contributed by atoms with Gasteiger partial charge in [0.25, 0.3) is 5.91 Å². The monoisotopic (exact) mass is 209 g/mol. The van der Waals surface area contributed by atoms with Crippen LogP contribution < -0.4 is 5.32 Å². The quantitative estimate of drug-likeness (QED) is 0.690. The third-order valence-corrected chi connectivity index (χ3v) is 2.13. The van der Waals surface area contributed by atoms with Crippen molar-refractivity contribution >= 4 is 5.91 Å². The zero-order valence-corrected chi connectivity index (χ0v) is 8.82. The number of phenolic OH excluding ortho intramolecular Hbond substituents is 1. The highest BCUT2D eigenvalue weighted by atomic mass is 16.3. The second kappa shape index (κ2) is 4.79. The molecule has 0 aliphatic heterocycles. The molecular formula is C11H15NO3. The van der Waals surface area contributed by atoms with E-state index < -0.39 is 0 Å². The number of rotatable bonds is 3. The molecule has 1 aromatic rings. The van der Waals surface area contributed by atoms with Gasteiger partial charge in [0, 0.05) is 6.04 Å². The Morgan fingerprint density at radius 3 is 2.80 bits per heavy atom. The summed E-state index contributed by atoms with van der Waals surface area (Å²) >= 11 is 0. The summed E-state index contributed by atoms with van der Waals surface area (Å²) < 4.78 is 0. The molecule has 1 atom stereocenters. The molecule has 82 valence electrons. The van der Waals surface area contributed by atoms with Crippen molar-refractivity contribution in [3.05, 3.63) is 29.3 Å². The van der Waals surface area contributed by atoms with E-state index in [1.165, 1.54) is 0 Å². The molecule has 1 aromatic carbocycles. The third-order valence-electron chi connectivity index (χ3n) is 2.13. The molecule has 0 aliphatic rings. The lowest BCUT2D eigenvalue weighted by molar-refractivity contribution is 0.0919. The lowest BCUT2D eigenvalue weighted by Crippen LogP contribution is -2.35. The summed E-state index contributed by atoms with van der Waals surface area (Å²) in [7, 11) is 0. The lowest BCUT2D eigenvalue weighted by Gasteiger charge is -2.12. The van der Waals surface area contributed by atoms with Crippen LogP contribution in [0.25, 0.3) is 0 Å². The van der Waals surface area contributed by atoms with E-state index in [1.54, 1.807) is 32.0 Å². The van der Waals surface area contributed by atoms with Crippen LogP contribution >= 0.6 is 0 Å². The summed E-state index contributed by atoms with van der Waals surface area (Å²) in [6.45, 7) is 3.28. The highest BCUT2D eigenvalue weighted by Crippen LogP contribution is 2.21. The van der Waals surface area contributed by atoms with Gasteiger partial charge in [0.2, 0.25) is 0 Å². The standard InChI is InChI=1S/C11H15NO3/c1-7-4-3-5-9(10(7)14)11(15)12-8(2)6-13/h3-5,8,13-14H,6H2,1-2H3,(H,12,15)/t8-/m0/s1. The van der Waals surface area contributed by atoms with Crippen molar-refractivity contribution in [2.24, 2.45) is 0 Å². The van der Waals surface area contributed by atoms with Gasteiger partial charge in [-0.2, -0.15) is 0 Å². The van der Waals surface area contributed by atoms with Crippen LogP contribution in [0.4, 0.5) is 0 Å².